The number of hydrogen-bond donors (Lipinski definition) is 0. The highest BCUT2D eigenvalue weighted by Gasteiger charge is 2.24. The van der Waals surface area contributed by atoms with Crippen LogP contribution in [0.25, 0.3) is 16.5 Å². The van der Waals surface area contributed by atoms with Crippen molar-refractivity contribution in [3.8, 4) is 5.69 Å². The number of furan rings is 1. The van der Waals surface area contributed by atoms with Crippen LogP contribution in [0.15, 0.2) is 94.3 Å². The fraction of sp³-hybridized carbons (Fsp3) is 0.115. The van der Waals surface area contributed by atoms with Crippen molar-refractivity contribution in [1.29, 1.82) is 0 Å². The maximum atomic E-state index is 13.9. The number of hydrogen-bond acceptors (Lipinski definition) is 5. The van der Waals surface area contributed by atoms with Crippen molar-refractivity contribution in [1.82, 2.24) is 14.7 Å². The summed E-state index contributed by atoms with van der Waals surface area (Å²) in [6.45, 7) is 2.75. The lowest BCUT2D eigenvalue weighted by Gasteiger charge is -2.22. The van der Waals surface area contributed by atoms with Crippen LogP contribution in [-0.4, -0.2) is 20.6 Å². The third-order valence-electron chi connectivity index (χ3n) is 5.37. The van der Waals surface area contributed by atoms with Crippen molar-refractivity contribution in [2.45, 2.75) is 20.0 Å². The fourth-order valence-corrected chi connectivity index (χ4v) is 4.70. The first kappa shape index (κ1) is 20.9. The molecule has 164 valence electrons. The number of amides is 1. The number of aromatic nitrogens is 2. The van der Waals surface area contributed by atoms with Crippen molar-refractivity contribution in [3.05, 3.63) is 117 Å². The quantitative estimate of drug-likeness (QED) is 0.353. The van der Waals surface area contributed by atoms with Gasteiger partial charge in [-0.05, 0) is 49.4 Å². The van der Waals surface area contributed by atoms with Crippen LogP contribution in [0.2, 0.25) is 0 Å². The Balaban J connectivity index is 1.64. The Morgan fingerprint density at radius 2 is 1.70 bits per heavy atom. The molecule has 0 fully saturated rings. The number of rotatable bonds is 6. The maximum Gasteiger partial charge on any atom is 0.279 e. The van der Waals surface area contributed by atoms with Gasteiger partial charge in [-0.1, -0.05) is 36.4 Å². The van der Waals surface area contributed by atoms with Gasteiger partial charge in [0.05, 0.1) is 30.4 Å². The number of carbonyl (C=O) groups is 1. The minimum Gasteiger partial charge on any atom is -0.467 e. The van der Waals surface area contributed by atoms with Crippen LogP contribution < -0.4 is 5.56 Å². The molecule has 3 heterocycles. The number of benzene rings is 2. The van der Waals surface area contributed by atoms with Gasteiger partial charge in [0, 0.05) is 15.1 Å². The predicted molar refractivity (Wildman–Crippen MR) is 129 cm³/mol. The molecule has 0 radical (unpaired) electrons. The highest BCUT2D eigenvalue weighted by atomic mass is 32.1. The lowest BCUT2D eigenvalue weighted by atomic mass is 10.1. The number of para-hydroxylation sites is 1. The highest BCUT2D eigenvalue weighted by molar-refractivity contribution is 7.11. The monoisotopic (exact) mass is 455 g/mol. The van der Waals surface area contributed by atoms with E-state index in [4.69, 9.17) is 4.42 Å². The predicted octanol–water partition coefficient (Wildman–Crippen LogP) is 5.19. The average Bonchev–Trinajstić information content (AvgIpc) is 3.51. The summed E-state index contributed by atoms with van der Waals surface area (Å²) in [4.78, 5) is 31.0. The lowest BCUT2D eigenvalue weighted by molar-refractivity contribution is 0.0714. The molecule has 33 heavy (non-hydrogen) atoms. The molecule has 0 saturated heterocycles. The van der Waals surface area contributed by atoms with Gasteiger partial charge < -0.3 is 9.32 Å². The molecule has 0 spiro atoms. The molecule has 7 heteroatoms. The van der Waals surface area contributed by atoms with Gasteiger partial charge in [-0.2, -0.15) is 9.78 Å². The van der Waals surface area contributed by atoms with Crippen LogP contribution in [0.3, 0.4) is 0 Å². The lowest BCUT2D eigenvalue weighted by Crippen LogP contribution is -2.33. The zero-order chi connectivity index (χ0) is 22.8. The van der Waals surface area contributed by atoms with E-state index in [0.29, 0.717) is 35.3 Å². The molecule has 0 aliphatic heterocycles. The molecule has 0 unspecified atom stereocenters. The van der Waals surface area contributed by atoms with Crippen molar-refractivity contribution in [2.24, 2.45) is 0 Å². The van der Waals surface area contributed by atoms with Crippen molar-refractivity contribution in [2.75, 3.05) is 0 Å². The minimum absolute atomic E-state index is 0.230. The van der Waals surface area contributed by atoms with Gasteiger partial charge in [0.2, 0.25) is 0 Å². The molecule has 0 N–H and O–H groups in total. The van der Waals surface area contributed by atoms with Gasteiger partial charge in [0.15, 0.2) is 5.69 Å². The smallest absolute Gasteiger partial charge is 0.279 e. The van der Waals surface area contributed by atoms with Crippen LogP contribution in [0.5, 0.6) is 0 Å². The third-order valence-corrected chi connectivity index (χ3v) is 6.35. The zero-order valence-electron chi connectivity index (χ0n) is 18.0. The molecule has 5 aromatic rings. The number of nitrogens with zero attached hydrogens (tertiary/aromatic N) is 3. The Hall–Kier alpha value is -3.97. The van der Waals surface area contributed by atoms with Gasteiger partial charge in [0.25, 0.3) is 11.5 Å². The molecule has 2 aromatic carbocycles. The van der Waals surface area contributed by atoms with E-state index in [2.05, 4.69) is 5.10 Å². The first-order valence-electron chi connectivity index (χ1n) is 10.5. The van der Waals surface area contributed by atoms with Gasteiger partial charge in [0.1, 0.15) is 5.76 Å². The molecule has 3 aromatic heterocycles. The van der Waals surface area contributed by atoms with E-state index < -0.39 is 0 Å². The molecule has 0 saturated carbocycles. The number of fused-ring (bicyclic) bond motifs is 1. The molecule has 6 nitrogen and oxygen atoms in total. The third kappa shape index (κ3) is 4.23. The molecule has 0 bridgehead atoms. The van der Waals surface area contributed by atoms with Gasteiger partial charge in [-0.3, -0.25) is 9.59 Å². The van der Waals surface area contributed by atoms with E-state index in [-0.39, 0.29) is 17.2 Å². The Bertz CT molecular complexity index is 1470. The number of thiophene rings is 1. The maximum absolute atomic E-state index is 13.9. The summed E-state index contributed by atoms with van der Waals surface area (Å²) in [6, 6.07) is 24.0. The topological polar surface area (TPSA) is 68.3 Å². The van der Waals surface area contributed by atoms with E-state index in [1.807, 2.05) is 49.4 Å². The average molecular weight is 456 g/mol. The fourth-order valence-electron chi connectivity index (χ4n) is 3.79. The number of aryl methyl sites for hydroxylation is 1. The minimum atomic E-state index is -0.265. The van der Waals surface area contributed by atoms with Gasteiger partial charge in [-0.15, -0.1) is 11.3 Å². The second-order valence-electron chi connectivity index (χ2n) is 7.70. The highest BCUT2D eigenvalue weighted by Crippen LogP contribution is 2.22. The van der Waals surface area contributed by atoms with Crippen molar-refractivity contribution in [3.63, 3.8) is 0 Å². The Kier molecular flexibility index (Phi) is 5.62. The summed E-state index contributed by atoms with van der Waals surface area (Å²) in [6.07, 6.45) is 1.59. The van der Waals surface area contributed by atoms with Crippen LogP contribution in [0, 0.1) is 6.92 Å². The van der Waals surface area contributed by atoms with Crippen molar-refractivity contribution >= 4 is 28.0 Å². The Morgan fingerprint density at radius 3 is 2.39 bits per heavy atom. The van der Waals surface area contributed by atoms with E-state index in [1.165, 1.54) is 9.56 Å². The SMILES string of the molecule is Cc1ccc(CN(Cc2ccco2)C(=O)c2nn(-c3ccccc3)c(=O)c3ccccc23)s1. The molecular formula is C26H21N3O3S. The standard InChI is InChI=1S/C26H21N3O3S/c1-18-13-14-21(33-18)17-28(16-20-10-7-15-32-20)26(31)24-22-11-5-6-12-23(22)25(30)29(27-24)19-8-3-2-4-9-19/h2-15H,16-17H2,1H3. The summed E-state index contributed by atoms with van der Waals surface area (Å²) in [7, 11) is 0. The summed E-state index contributed by atoms with van der Waals surface area (Å²) in [5.74, 6) is 0.413. The zero-order valence-corrected chi connectivity index (χ0v) is 18.8. The van der Waals surface area contributed by atoms with E-state index in [9.17, 15) is 9.59 Å². The molecule has 0 atom stereocenters. The Morgan fingerprint density at radius 1 is 0.939 bits per heavy atom. The summed E-state index contributed by atoms with van der Waals surface area (Å²) >= 11 is 1.65. The molecular weight excluding hydrogens is 434 g/mol. The molecule has 0 aliphatic rings. The largest absolute Gasteiger partial charge is 0.467 e. The second kappa shape index (κ2) is 8.88. The Labute approximate surface area is 194 Å². The first-order chi connectivity index (χ1) is 16.1. The van der Waals surface area contributed by atoms with Crippen LogP contribution in [0.4, 0.5) is 0 Å². The summed E-state index contributed by atoms with van der Waals surface area (Å²) < 4.78 is 6.83. The van der Waals surface area contributed by atoms with Crippen LogP contribution in [-0.2, 0) is 13.1 Å². The first-order valence-corrected chi connectivity index (χ1v) is 11.4. The summed E-state index contributed by atoms with van der Waals surface area (Å²) in [5.41, 5.74) is 0.572. The van der Waals surface area contributed by atoms with Gasteiger partial charge in [-0.25, -0.2) is 0 Å². The van der Waals surface area contributed by atoms with Gasteiger partial charge >= 0.3 is 0 Å². The molecule has 5 rings (SSSR count). The van der Waals surface area contributed by atoms with Crippen LogP contribution in [0.1, 0.15) is 26.0 Å². The molecule has 0 aliphatic carbocycles. The second-order valence-corrected chi connectivity index (χ2v) is 9.07. The van der Waals surface area contributed by atoms with E-state index in [0.717, 1.165) is 4.88 Å². The summed E-state index contributed by atoms with van der Waals surface area (Å²) in [5, 5.41) is 5.54. The molecule has 1 amide bonds. The van der Waals surface area contributed by atoms with E-state index >= 15 is 0 Å². The van der Waals surface area contributed by atoms with Crippen molar-refractivity contribution < 1.29 is 9.21 Å². The normalized spacial score (nSPS) is 11.1. The van der Waals surface area contributed by atoms with Crippen LogP contribution >= 0.6 is 11.3 Å². The van der Waals surface area contributed by atoms with E-state index in [1.54, 1.807) is 58.9 Å². The number of carbonyl (C=O) groups excluding carboxylic acids is 1.